The maximum absolute atomic E-state index is 10.6. The number of aryl methyl sites for hydroxylation is 2. The number of hydrogen-bond acceptors (Lipinski definition) is 1. The van der Waals surface area contributed by atoms with Gasteiger partial charge in [-0.1, -0.05) is 18.2 Å². The normalized spacial score (nSPS) is 10.6. The molecule has 0 saturated carbocycles. The second-order valence-electron chi connectivity index (χ2n) is 4.92. The average Bonchev–Trinajstić information content (AvgIpc) is 2.78. The van der Waals surface area contributed by atoms with E-state index in [1.807, 2.05) is 12.1 Å². The van der Waals surface area contributed by atoms with Crippen LogP contribution in [0.1, 0.15) is 31.2 Å². The highest BCUT2D eigenvalue weighted by molar-refractivity contribution is 5.84. The van der Waals surface area contributed by atoms with Crippen LogP contribution in [0.25, 0.3) is 10.9 Å². The van der Waals surface area contributed by atoms with Crippen LogP contribution in [-0.4, -0.2) is 15.6 Å². The number of carboxylic acids is 1. The largest absolute Gasteiger partial charge is 0.481 e. The smallest absolute Gasteiger partial charge is 0.303 e. The van der Waals surface area contributed by atoms with E-state index in [1.165, 1.54) is 16.5 Å². The fourth-order valence-corrected chi connectivity index (χ4v) is 2.49. The first-order chi connectivity index (χ1) is 9.72. The van der Waals surface area contributed by atoms with Gasteiger partial charge in [0.05, 0.1) is 0 Å². The summed E-state index contributed by atoms with van der Waals surface area (Å²) in [5.74, 6) is 1.93. The lowest BCUT2D eigenvalue weighted by molar-refractivity contribution is -0.137. The number of para-hydroxylation sites is 1. The lowest BCUT2D eigenvalue weighted by Crippen LogP contribution is -1.96. The molecular weight excluding hydrogens is 250 g/mol. The van der Waals surface area contributed by atoms with Gasteiger partial charge in [-0.2, -0.15) is 0 Å². The van der Waals surface area contributed by atoms with Gasteiger partial charge in [0, 0.05) is 36.5 Å². The molecule has 0 spiro atoms. The monoisotopic (exact) mass is 269 g/mol. The summed E-state index contributed by atoms with van der Waals surface area (Å²) in [5.41, 5.74) is 2.43. The van der Waals surface area contributed by atoms with E-state index in [2.05, 4.69) is 28.8 Å². The second-order valence-corrected chi connectivity index (χ2v) is 4.92. The first kappa shape index (κ1) is 14.2. The van der Waals surface area contributed by atoms with E-state index in [0.29, 0.717) is 6.42 Å². The van der Waals surface area contributed by atoms with Crippen LogP contribution >= 0.6 is 0 Å². The Hall–Kier alpha value is -2.21. The van der Waals surface area contributed by atoms with Crippen molar-refractivity contribution in [2.75, 3.05) is 0 Å². The first-order valence-electron chi connectivity index (χ1n) is 6.94. The molecule has 0 amide bonds. The van der Waals surface area contributed by atoms with Crippen molar-refractivity contribution in [1.82, 2.24) is 4.57 Å². The number of aromatic nitrogens is 1. The molecule has 1 heterocycles. The van der Waals surface area contributed by atoms with Crippen LogP contribution in [0.5, 0.6) is 0 Å². The van der Waals surface area contributed by atoms with Crippen LogP contribution < -0.4 is 0 Å². The highest BCUT2D eigenvalue weighted by atomic mass is 16.4. The number of terminal acetylenes is 1. The highest BCUT2D eigenvalue weighted by Crippen LogP contribution is 2.23. The van der Waals surface area contributed by atoms with Crippen LogP contribution in [0.2, 0.25) is 0 Å². The third-order valence-electron chi connectivity index (χ3n) is 3.43. The maximum atomic E-state index is 10.6. The molecule has 2 aromatic rings. The number of benzene rings is 1. The summed E-state index contributed by atoms with van der Waals surface area (Å²) in [6, 6.07) is 8.25. The number of hydrogen-bond donors (Lipinski definition) is 1. The van der Waals surface area contributed by atoms with Gasteiger partial charge in [-0.3, -0.25) is 4.79 Å². The number of nitrogens with zero attached hydrogens (tertiary/aromatic N) is 1. The number of carboxylic acid groups (broad SMARTS) is 1. The summed E-state index contributed by atoms with van der Waals surface area (Å²) >= 11 is 0. The fourth-order valence-electron chi connectivity index (χ4n) is 2.49. The molecule has 2 rings (SSSR count). The van der Waals surface area contributed by atoms with E-state index >= 15 is 0 Å². The minimum Gasteiger partial charge on any atom is -0.481 e. The molecule has 0 atom stereocenters. The van der Waals surface area contributed by atoms with Crippen molar-refractivity contribution in [3.05, 3.63) is 36.0 Å². The molecular formula is C17H19NO2. The van der Waals surface area contributed by atoms with Crippen LogP contribution in [0.15, 0.2) is 30.5 Å². The number of unbranched alkanes of at least 4 members (excludes halogenated alkanes) is 1. The third kappa shape index (κ3) is 3.42. The maximum Gasteiger partial charge on any atom is 0.303 e. The minimum atomic E-state index is -0.734. The van der Waals surface area contributed by atoms with Crippen LogP contribution in [-0.2, 0) is 17.8 Å². The average molecular weight is 269 g/mol. The zero-order valence-corrected chi connectivity index (χ0v) is 11.5. The van der Waals surface area contributed by atoms with E-state index in [9.17, 15) is 4.79 Å². The Kier molecular flexibility index (Phi) is 4.84. The van der Waals surface area contributed by atoms with E-state index < -0.39 is 5.97 Å². The molecule has 0 saturated heterocycles. The Morgan fingerprint density at radius 1 is 1.30 bits per heavy atom. The van der Waals surface area contributed by atoms with Gasteiger partial charge >= 0.3 is 5.97 Å². The molecule has 0 fully saturated rings. The van der Waals surface area contributed by atoms with E-state index in [1.54, 1.807) is 0 Å². The summed E-state index contributed by atoms with van der Waals surface area (Å²) in [6.07, 6.45) is 10.9. The van der Waals surface area contributed by atoms with Gasteiger partial charge in [-0.25, -0.2) is 0 Å². The summed E-state index contributed by atoms with van der Waals surface area (Å²) in [7, 11) is 0. The fraction of sp³-hybridized carbons (Fsp3) is 0.353. The van der Waals surface area contributed by atoms with Crippen molar-refractivity contribution >= 4 is 16.9 Å². The molecule has 0 aliphatic carbocycles. The van der Waals surface area contributed by atoms with Gasteiger partial charge in [0.25, 0.3) is 0 Å². The van der Waals surface area contributed by atoms with Gasteiger partial charge in [0.1, 0.15) is 0 Å². The summed E-state index contributed by atoms with van der Waals surface area (Å²) in [4.78, 5) is 10.6. The molecule has 104 valence electrons. The van der Waals surface area contributed by atoms with E-state index in [-0.39, 0.29) is 6.42 Å². The Bertz CT molecular complexity index is 634. The van der Waals surface area contributed by atoms with E-state index in [0.717, 1.165) is 25.8 Å². The van der Waals surface area contributed by atoms with Crippen molar-refractivity contribution in [1.29, 1.82) is 0 Å². The van der Waals surface area contributed by atoms with Gasteiger partial charge in [0.2, 0.25) is 0 Å². The quantitative estimate of drug-likeness (QED) is 0.618. The van der Waals surface area contributed by atoms with Gasteiger partial charge in [-0.05, 0) is 30.9 Å². The third-order valence-corrected chi connectivity index (χ3v) is 3.43. The molecule has 0 aliphatic rings. The lowest BCUT2D eigenvalue weighted by atomic mass is 10.1. The highest BCUT2D eigenvalue weighted by Gasteiger charge is 2.08. The standard InChI is InChI=1S/C17H19NO2/c1-2-3-6-12-18-13-14(8-7-11-17(19)20)15-9-4-5-10-16(15)18/h1,4-5,9-10,13H,3,6-8,11-12H2,(H,19,20). The molecule has 0 bridgehead atoms. The minimum absolute atomic E-state index is 0.219. The van der Waals surface area contributed by atoms with Crippen molar-refractivity contribution in [2.24, 2.45) is 0 Å². The van der Waals surface area contributed by atoms with Crippen molar-refractivity contribution < 1.29 is 9.90 Å². The molecule has 20 heavy (non-hydrogen) atoms. The number of aliphatic carboxylic acids is 1. The Morgan fingerprint density at radius 2 is 2.10 bits per heavy atom. The topological polar surface area (TPSA) is 42.2 Å². The molecule has 0 radical (unpaired) electrons. The predicted octanol–water partition coefficient (Wildman–Crippen LogP) is 3.46. The summed E-state index contributed by atoms with van der Waals surface area (Å²) in [5, 5.41) is 9.95. The zero-order chi connectivity index (χ0) is 14.4. The van der Waals surface area contributed by atoms with Gasteiger partial charge in [-0.15, -0.1) is 12.3 Å². The Labute approximate surface area is 119 Å². The van der Waals surface area contributed by atoms with Gasteiger partial charge < -0.3 is 9.67 Å². The predicted molar refractivity (Wildman–Crippen MR) is 80.6 cm³/mol. The number of carbonyl (C=O) groups is 1. The molecule has 3 heteroatoms. The summed E-state index contributed by atoms with van der Waals surface area (Å²) in [6.45, 7) is 0.906. The summed E-state index contributed by atoms with van der Waals surface area (Å²) < 4.78 is 2.22. The Morgan fingerprint density at radius 3 is 2.85 bits per heavy atom. The van der Waals surface area contributed by atoms with Crippen LogP contribution in [0.3, 0.4) is 0 Å². The number of fused-ring (bicyclic) bond motifs is 1. The van der Waals surface area contributed by atoms with Crippen LogP contribution in [0.4, 0.5) is 0 Å². The second kappa shape index (κ2) is 6.81. The molecule has 1 N–H and O–H groups in total. The zero-order valence-electron chi connectivity index (χ0n) is 11.5. The number of rotatable bonds is 7. The Balaban J connectivity index is 2.17. The van der Waals surface area contributed by atoms with Crippen molar-refractivity contribution in [3.63, 3.8) is 0 Å². The lowest BCUT2D eigenvalue weighted by Gasteiger charge is -2.02. The first-order valence-corrected chi connectivity index (χ1v) is 6.94. The molecule has 0 unspecified atom stereocenters. The van der Waals surface area contributed by atoms with Crippen molar-refractivity contribution in [3.8, 4) is 12.3 Å². The molecule has 0 aliphatic heterocycles. The van der Waals surface area contributed by atoms with Gasteiger partial charge in [0.15, 0.2) is 0 Å². The molecule has 1 aromatic carbocycles. The SMILES string of the molecule is C#CCCCn1cc(CCCC(=O)O)c2ccccc21. The van der Waals surface area contributed by atoms with Crippen molar-refractivity contribution in [2.45, 2.75) is 38.6 Å². The van der Waals surface area contributed by atoms with Crippen LogP contribution in [0, 0.1) is 12.3 Å². The molecule has 1 aromatic heterocycles. The van der Waals surface area contributed by atoms with E-state index in [4.69, 9.17) is 11.5 Å². The molecule has 3 nitrogen and oxygen atoms in total.